The quantitative estimate of drug-likeness (QED) is 0.619. The summed E-state index contributed by atoms with van der Waals surface area (Å²) in [5.74, 6) is 0. The van der Waals surface area contributed by atoms with E-state index in [9.17, 15) is 4.79 Å². The molecule has 0 saturated heterocycles. The SMILES string of the molecule is O=C(O)OCCCc1ccccc1Cl. The van der Waals surface area contributed by atoms with Gasteiger partial charge in [-0.15, -0.1) is 0 Å². The van der Waals surface area contributed by atoms with Gasteiger partial charge in [0, 0.05) is 5.02 Å². The fourth-order valence-electron chi connectivity index (χ4n) is 1.12. The summed E-state index contributed by atoms with van der Waals surface area (Å²) in [7, 11) is 0. The predicted molar refractivity (Wildman–Crippen MR) is 53.7 cm³/mol. The smallest absolute Gasteiger partial charge is 0.450 e. The molecule has 0 aliphatic carbocycles. The number of ether oxygens (including phenoxy) is 1. The van der Waals surface area contributed by atoms with Crippen molar-refractivity contribution in [1.29, 1.82) is 0 Å². The number of rotatable bonds is 4. The molecule has 0 aromatic heterocycles. The maximum atomic E-state index is 10.0. The van der Waals surface area contributed by atoms with Crippen LogP contribution in [0.5, 0.6) is 0 Å². The highest BCUT2D eigenvalue weighted by atomic mass is 35.5. The highest BCUT2D eigenvalue weighted by molar-refractivity contribution is 6.31. The fraction of sp³-hybridized carbons (Fsp3) is 0.300. The molecule has 0 saturated carbocycles. The molecule has 0 heterocycles. The van der Waals surface area contributed by atoms with Gasteiger partial charge < -0.3 is 9.84 Å². The second-order valence-corrected chi connectivity index (χ2v) is 3.22. The molecule has 0 unspecified atom stereocenters. The minimum Gasteiger partial charge on any atom is -0.450 e. The molecule has 1 aromatic rings. The standard InChI is InChI=1S/C10H11ClO3/c11-9-6-2-1-4-8(9)5-3-7-14-10(12)13/h1-2,4,6H,3,5,7H2,(H,12,13). The number of halogens is 1. The van der Waals surface area contributed by atoms with Crippen LogP contribution < -0.4 is 0 Å². The molecule has 14 heavy (non-hydrogen) atoms. The summed E-state index contributed by atoms with van der Waals surface area (Å²) >= 11 is 5.91. The van der Waals surface area contributed by atoms with Crippen LogP contribution in [0.25, 0.3) is 0 Å². The normalized spacial score (nSPS) is 9.79. The van der Waals surface area contributed by atoms with Gasteiger partial charge in [-0.25, -0.2) is 4.79 Å². The topological polar surface area (TPSA) is 46.5 Å². The fourth-order valence-corrected chi connectivity index (χ4v) is 1.35. The number of hydrogen-bond acceptors (Lipinski definition) is 2. The lowest BCUT2D eigenvalue weighted by Gasteiger charge is -2.03. The van der Waals surface area contributed by atoms with E-state index in [0.29, 0.717) is 11.4 Å². The lowest BCUT2D eigenvalue weighted by molar-refractivity contribution is 0.0907. The van der Waals surface area contributed by atoms with Crippen molar-refractivity contribution >= 4 is 17.8 Å². The van der Waals surface area contributed by atoms with E-state index in [1.54, 1.807) is 0 Å². The third-order valence-electron chi connectivity index (χ3n) is 1.77. The molecule has 0 fully saturated rings. The molecule has 0 atom stereocenters. The molecule has 1 N–H and O–H groups in total. The summed E-state index contributed by atoms with van der Waals surface area (Å²) in [5, 5.41) is 8.93. The summed E-state index contributed by atoms with van der Waals surface area (Å²) in [6.07, 6.45) is 0.146. The number of aryl methyl sites for hydroxylation is 1. The zero-order valence-corrected chi connectivity index (χ0v) is 8.33. The first-order valence-corrected chi connectivity index (χ1v) is 4.67. The third kappa shape index (κ3) is 3.66. The van der Waals surface area contributed by atoms with Gasteiger partial charge in [-0.1, -0.05) is 29.8 Å². The van der Waals surface area contributed by atoms with Crippen LogP contribution in [0.1, 0.15) is 12.0 Å². The maximum absolute atomic E-state index is 10.0. The largest absolute Gasteiger partial charge is 0.505 e. The molecule has 0 radical (unpaired) electrons. The average Bonchev–Trinajstić information content (AvgIpc) is 2.15. The van der Waals surface area contributed by atoms with Crippen LogP contribution in [-0.4, -0.2) is 17.9 Å². The molecule has 76 valence electrons. The summed E-state index contributed by atoms with van der Waals surface area (Å²) in [6.45, 7) is 0.209. The van der Waals surface area contributed by atoms with E-state index in [1.807, 2.05) is 24.3 Å². The molecule has 0 bridgehead atoms. The Bertz CT molecular complexity index is 312. The summed E-state index contributed by atoms with van der Waals surface area (Å²) < 4.78 is 4.38. The van der Waals surface area contributed by atoms with Crippen molar-refractivity contribution in [2.45, 2.75) is 12.8 Å². The molecule has 0 amide bonds. The first-order valence-electron chi connectivity index (χ1n) is 4.29. The Kier molecular flexibility index (Phi) is 4.26. The first kappa shape index (κ1) is 10.9. The van der Waals surface area contributed by atoms with Gasteiger partial charge in [-0.2, -0.15) is 0 Å². The van der Waals surface area contributed by atoms with Crippen LogP contribution in [0, 0.1) is 0 Å². The Morgan fingerprint density at radius 3 is 2.79 bits per heavy atom. The summed E-state index contributed by atoms with van der Waals surface area (Å²) in [5.41, 5.74) is 1.02. The van der Waals surface area contributed by atoms with Crippen molar-refractivity contribution < 1.29 is 14.6 Å². The lowest BCUT2D eigenvalue weighted by atomic mass is 10.1. The minimum absolute atomic E-state index is 0.209. The van der Waals surface area contributed by atoms with Gasteiger partial charge in [0.15, 0.2) is 0 Å². The molecule has 3 nitrogen and oxygen atoms in total. The average molecular weight is 215 g/mol. The van der Waals surface area contributed by atoms with Gasteiger partial charge in [0.2, 0.25) is 0 Å². The first-order chi connectivity index (χ1) is 6.70. The van der Waals surface area contributed by atoms with Gasteiger partial charge in [0.25, 0.3) is 0 Å². The number of carboxylic acid groups (broad SMARTS) is 1. The Morgan fingerprint density at radius 2 is 2.14 bits per heavy atom. The van der Waals surface area contributed by atoms with Crippen LogP contribution in [-0.2, 0) is 11.2 Å². The highest BCUT2D eigenvalue weighted by Gasteiger charge is 2.00. The zero-order valence-electron chi connectivity index (χ0n) is 7.57. The van der Waals surface area contributed by atoms with Crippen molar-refractivity contribution in [2.24, 2.45) is 0 Å². The summed E-state index contributed by atoms with van der Waals surface area (Å²) in [4.78, 5) is 10.0. The Balaban J connectivity index is 2.31. The summed E-state index contributed by atoms with van der Waals surface area (Å²) in [6, 6.07) is 7.50. The minimum atomic E-state index is -1.23. The van der Waals surface area contributed by atoms with E-state index in [0.717, 1.165) is 12.0 Å². The zero-order chi connectivity index (χ0) is 10.4. The molecule has 0 spiro atoms. The van der Waals surface area contributed by atoms with Crippen molar-refractivity contribution in [3.63, 3.8) is 0 Å². The van der Waals surface area contributed by atoms with Gasteiger partial charge in [-0.05, 0) is 24.5 Å². The lowest BCUT2D eigenvalue weighted by Crippen LogP contribution is -2.02. The Labute approximate surface area is 87.3 Å². The van der Waals surface area contributed by atoms with E-state index in [-0.39, 0.29) is 6.61 Å². The second-order valence-electron chi connectivity index (χ2n) is 2.81. The Hall–Kier alpha value is -1.22. The van der Waals surface area contributed by atoms with Gasteiger partial charge >= 0.3 is 6.16 Å². The number of hydrogen-bond donors (Lipinski definition) is 1. The molecular formula is C10H11ClO3. The molecule has 1 rings (SSSR count). The van der Waals surface area contributed by atoms with Gasteiger partial charge in [0.1, 0.15) is 0 Å². The van der Waals surface area contributed by atoms with E-state index < -0.39 is 6.16 Å². The monoisotopic (exact) mass is 214 g/mol. The number of benzene rings is 1. The number of carbonyl (C=O) groups is 1. The second kappa shape index (κ2) is 5.50. The maximum Gasteiger partial charge on any atom is 0.505 e. The van der Waals surface area contributed by atoms with Crippen LogP contribution >= 0.6 is 11.6 Å². The molecule has 1 aromatic carbocycles. The molecule has 4 heteroatoms. The van der Waals surface area contributed by atoms with Crippen molar-refractivity contribution in [3.8, 4) is 0 Å². The van der Waals surface area contributed by atoms with E-state index >= 15 is 0 Å². The van der Waals surface area contributed by atoms with Crippen LogP contribution in [0.15, 0.2) is 24.3 Å². The Morgan fingerprint density at radius 1 is 1.43 bits per heavy atom. The van der Waals surface area contributed by atoms with Crippen molar-refractivity contribution in [3.05, 3.63) is 34.9 Å². The third-order valence-corrected chi connectivity index (χ3v) is 2.14. The molecular weight excluding hydrogens is 204 g/mol. The van der Waals surface area contributed by atoms with Crippen molar-refractivity contribution in [1.82, 2.24) is 0 Å². The van der Waals surface area contributed by atoms with Crippen LogP contribution in [0.4, 0.5) is 4.79 Å². The van der Waals surface area contributed by atoms with E-state index in [1.165, 1.54) is 0 Å². The predicted octanol–water partition coefficient (Wildman–Crippen LogP) is 2.97. The van der Waals surface area contributed by atoms with Crippen LogP contribution in [0.3, 0.4) is 0 Å². The highest BCUT2D eigenvalue weighted by Crippen LogP contribution is 2.16. The van der Waals surface area contributed by atoms with Crippen LogP contribution in [0.2, 0.25) is 5.02 Å². The molecule has 0 aliphatic rings. The van der Waals surface area contributed by atoms with Gasteiger partial charge in [-0.3, -0.25) is 0 Å². The van der Waals surface area contributed by atoms with Crippen molar-refractivity contribution in [2.75, 3.05) is 6.61 Å². The van der Waals surface area contributed by atoms with E-state index in [4.69, 9.17) is 16.7 Å². The van der Waals surface area contributed by atoms with Gasteiger partial charge in [0.05, 0.1) is 6.61 Å². The van der Waals surface area contributed by atoms with E-state index in [2.05, 4.69) is 4.74 Å². The molecule has 0 aliphatic heterocycles.